The van der Waals surface area contributed by atoms with Gasteiger partial charge in [0.15, 0.2) is 5.16 Å². The fourth-order valence-corrected chi connectivity index (χ4v) is 4.05. The highest BCUT2D eigenvalue weighted by molar-refractivity contribution is 7.99. The molecule has 10 heteroatoms. The second-order valence-corrected chi connectivity index (χ2v) is 7.48. The normalized spacial score (nSPS) is 10.9. The van der Waals surface area contributed by atoms with Gasteiger partial charge in [-0.1, -0.05) is 11.8 Å². The Balaban J connectivity index is 1.70. The number of esters is 1. The van der Waals surface area contributed by atoms with Crippen molar-refractivity contribution in [3.8, 4) is 0 Å². The van der Waals surface area contributed by atoms with Gasteiger partial charge < -0.3 is 10.1 Å². The highest BCUT2D eigenvalue weighted by Gasteiger charge is 2.22. The quantitative estimate of drug-likeness (QED) is 0.509. The average molecular weight is 391 g/mol. The molecule has 3 heterocycles. The van der Waals surface area contributed by atoms with E-state index in [1.807, 2.05) is 13.8 Å². The average Bonchev–Trinajstić information content (AvgIpc) is 3.14. The molecule has 0 aliphatic carbocycles. The number of carbonyl (C=O) groups excluding carboxylic acids is 2. The molecule has 136 valence electrons. The van der Waals surface area contributed by atoms with Gasteiger partial charge in [-0.05, 0) is 32.4 Å². The van der Waals surface area contributed by atoms with Crippen LogP contribution in [0.4, 0.5) is 5.00 Å². The molecule has 0 unspecified atom stereocenters. The topological polar surface area (TPSA) is 98.5 Å². The van der Waals surface area contributed by atoms with Crippen LogP contribution in [-0.2, 0) is 9.53 Å². The second-order valence-electron chi connectivity index (χ2n) is 5.32. The van der Waals surface area contributed by atoms with E-state index in [0.717, 1.165) is 10.4 Å². The molecule has 0 fully saturated rings. The molecular formula is C16H17N5O3S2. The third kappa shape index (κ3) is 3.70. The first-order chi connectivity index (χ1) is 12.5. The van der Waals surface area contributed by atoms with Crippen LogP contribution in [0.15, 0.2) is 23.6 Å². The van der Waals surface area contributed by atoms with E-state index in [1.54, 1.807) is 29.8 Å². The molecule has 0 saturated heterocycles. The predicted octanol–water partition coefficient (Wildman–Crippen LogP) is 2.71. The third-order valence-corrected chi connectivity index (χ3v) is 5.67. The number of aromatic nitrogens is 4. The van der Waals surface area contributed by atoms with Crippen LogP contribution >= 0.6 is 23.1 Å². The molecule has 3 rings (SSSR count). The first-order valence-corrected chi connectivity index (χ1v) is 9.67. The van der Waals surface area contributed by atoms with Crippen molar-refractivity contribution in [2.75, 3.05) is 17.7 Å². The zero-order chi connectivity index (χ0) is 18.7. The smallest absolute Gasteiger partial charge is 0.341 e. The van der Waals surface area contributed by atoms with Gasteiger partial charge in [0.2, 0.25) is 5.91 Å². The highest BCUT2D eigenvalue weighted by Crippen LogP contribution is 2.33. The first-order valence-electron chi connectivity index (χ1n) is 7.86. The van der Waals surface area contributed by atoms with E-state index in [0.29, 0.717) is 21.5 Å². The molecule has 0 saturated carbocycles. The van der Waals surface area contributed by atoms with E-state index in [-0.39, 0.29) is 18.3 Å². The second kappa shape index (κ2) is 7.83. The Morgan fingerprint density at radius 3 is 2.92 bits per heavy atom. The van der Waals surface area contributed by atoms with Crippen molar-refractivity contribution in [1.29, 1.82) is 0 Å². The summed E-state index contributed by atoms with van der Waals surface area (Å²) in [5.74, 6) is -0.0488. The molecule has 0 bridgehead atoms. The number of rotatable bonds is 6. The van der Waals surface area contributed by atoms with E-state index in [4.69, 9.17) is 4.74 Å². The summed E-state index contributed by atoms with van der Waals surface area (Å²) in [4.78, 5) is 29.6. The number of ether oxygens (including phenoxy) is 1. The molecule has 8 nitrogen and oxygen atoms in total. The fourth-order valence-electron chi connectivity index (χ4n) is 2.28. The van der Waals surface area contributed by atoms with E-state index < -0.39 is 5.97 Å². The summed E-state index contributed by atoms with van der Waals surface area (Å²) in [6, 6.07) is 1.77. The number of hydrogen-bond donors (Lipinski definition) is 1. The van der Waals surface area contributed by atoms with Gasteiger partial charge in [-0.2, -0.15) is 0 Å². The number of nitrogens with one attached hydrogen (secondary N) is 1. The number of nitrogens with zero attached hydrogens (tertiary/aromatic N) is 4. The van der Waals surface area contributed by atoms with Crippen molar-refractivity contribution >= 4 is 45.8 Å². The van der Waals surface area contributed by atoms with Crippen molar-refractivity contribution < 1.29 is 14.3 Å². The van der Waals surface area contributed by atoms with Crippen LogP contribution in [0.5, 0.6) is 0 Å². The monoisotopic (exact) mass is 391 g/mol. The molecule has 1 amide bonds. The van der Waals surface area contributed by atoms with Gasteiger partial charge >= 0.3 is 5.97 Å². The van der Waals surface area contributed by atoms with Crippen LogP contribution in [0.2, 0.25) is 0 Å². The van der Waals surface area contributed by atoms with Gasteiger partial charge in [0.05, 0.1) is 17.9 Å². The van der Waals surface area contributed by atoms with Crippen LogP contribution in [-0.4, -0.2) is 43.8 Å². The van der Waals surface area contributed by atoms with Gasteiger partial charge in [0.25, 0.3) is 5.78 Å². The number of thiophene rings is 1. The maximum Gasteiger partial charge on any atom is 0.341 e. The molecule has 0 spiro atoms. The standard InChI is InChI=1S/C16H17N5O3S2/c1-4-24-14(23)12-9(2)10(3)26-13(12)18-11(22)8-25-16-20-19-15-17-6-5-7-21(15)16/h5-7H,4,8H2,1-3H3,(H,18,22). The summed E-state index contributed by atoms with van der Waals surface area (Å²) in [7, 11) is 0. The summed E-state index contributed by atoms with van der Waals surface area (Å²) in [5, 5.41) is 11.9. The Labute approximate surface area is 158 Å². The maximum atomic E-state index is 12.3. The Morgan fingerprint density at radius 1 is 1.35 bits per heavy atom. The molecule has 3 aromatic rings. The van der Waals surface area contributed by atoms with Gasteiger partial charge in [-0.3, -0.25) is 9.20 Å². The van der Waals surface area contributed by atoms with Crippen LogP contribution in [0.25, 0.3) is 5.78 Å². The molecule has 0 aliphatic heterocycles. The largest absolute Gasteiger partial charge is 0.462 e. The minimum absolute atomic E-state index is 0.133. The van der Waals surface area contributed by atoms with Crippen molar-refractivity contribution in [2.45, 2.75) is 25.9 Å². The lowest BCUT2D eigenvalue weighted by Crippen LogP contribution is -2.16. The van der Waals surface area contributed by atoms with Gasteiger partial charge in [-0.25, -0.2) is 9.78 Å². The lowest BCUT2D eigenvalue weighted by Gasteiger charge is -2.07. The summed E-state index contributed by atoms with van der Waals surface area (Å²) in [6.45, 7) is 5.78. The SMILES string of the molecule is CCOC(=O)c1c(NC(=O)CSc2nnc3ncccn23)sc(C)c1C. The van der Waals surface area contributed by atoms with E-state index >= 15 is 0 Å². The van der Waals surface area contributed by atoms with Crippen LogP contribution in [0.3, 0.4) is 0 Å². The fraction of sp³-hybridized carbons (Fsp3) is 0.312. The maximum absolute atomic E-state index is 12.3. The Bertz CT molecular complexity index is 966. The van der Waals surface area contributed by atoms with Crippen LogP contribution in [0, 0.1) is 13.8 Å². The summed E-state index contributed by atoms with van der Waals surface area (Å²) in [5.41, 5.74) is 1.25. The minimum Gasteiger partial charge on any atom is -0.462 e. The molecule has 1 N–H and O–H groups in total. The Morgan fingerprint density at radius 2 is 2.15 bits per heavy atom. The molecule has 0 aromatic carbocycles. The molecular weight excluding hydrogens is 374 g/mol. The van der Waals surface area contributed by atoms with Crippen LogP contribution < -0.4 is 5.32 Å². The number of anilines is 1. The number of amides is 1. The molecule has 26 heavy (non-hydrogen) atoms. The van der Waals surface area contributed by atoms with Gasteiger partial charge in [-0.15, -0.1) is 21.5 Å². The lowest BCUT2D eigenvalue weighted by atomic mass is 10.1. The zero-order valence-corrected chi connectivity index (χ0v) is 16.1. The van der Waals surface area contributed by atoms with Crippen LogP contribution in [0.1, 0.15) is 27.7 Å². The van der Waals surface area contributed by atoms with E-state index in [2.05, 4.69) is 20.5 Å². The Kier molecular flexibility index (Phi) is 5.52. The highest BCUT2D eigenvalue weighted by atomic mass is 32.2. The van der Waals surface area contributed by atoms with Gasteiger partial charge in [0, 0.05) is 17.3 Å². The molecule has 3 aromatic heterocycles. The van der Waals surface area contributed by atoms with E-state index in [9.17, 15) is 9.59 Å². The molecule has 0 atom stereocenters. The van der Waals surface area contributed by atoms with Crippen molar-refractivity contribution in [2.24, 2.45) is 0 Å². The zero-order valence-electron chi connectivity index (χ0n) is 14.5. The van der Waals surface area contributed by atoms with Crippen molar-refractivity contribution in [3.63, 3.8) is 0 Å². The Hall–Kier alpha value is -2.46. The molecule has 0 radical (unpaired) electrons. The predicted molar refractivity (Wildman–Crippen MR) is 99.9 cm³/mol. The number of fused-ring (bicyclic) bond motifs is 1. The number of hydrogen-bond acceptors (Lipinski definition) is 8. The number of carbonyl (C=O) groups is 2. The number of aryl methyl sites for hydroxylation is 1. The lowest BCUT2D eigenvalue weighted by molar-refractivity contribution is -0.113. The summed E-state index contributed by atoms with van der Waals surface area (Å²) < 4.78 is 6.80. The number of thioether (sulfide) groups is 1. The van der Waals surface area contributed by atoms with Crippen molar-refractivity contribution in [1.82, 2.24) is 19.6 Å². The van der Waals surface area contributed by atoms with Crippen molar-refractivity contribution in [3.05, 3.63) is 34.5 Å². The summed E-state index contributed by atoms with van der Waals surface area (Å²) in [6.07, 6.45) is 3.41. The first kappa shape index (κ1) is 18.3. The minimum atomic E-state index is -0.424. The summed E-state index contributed by atoms with van der Waals surface area (Å²) >= 11 is 2.61. The van der Waals surface area contributed by atoms with E-state index in [1.165, 1.54) is 23.1 Å². The van der Waals surface area contributed by atoms with Gasteiger partial charge in [0.1, 0.15) is 5.00 Å². The molecule has 0 aliphatic rings. The third-order valence-electron chi connectivity index (χ3n) is 3.61.